The lowest BCUT2D eigenvalue weighted by Gasteiger charge is -2.39. The number of ether oxygens (including phenoxy) is 1. The van der Waals surface area contributed by atoms with Crippen molar-refractivity contribution in [2.75, 3.05) is 26.3 Å². The summed E-state index contributed by atoms with van der Waals surface area (Å²) in [4.78, 5) is 25.6. The molecule has 1 saturated carbocycles. The Hall–Kier alpha value is -1.14. The Bertz CT molecular complexity index is 367. The molecule has 6 nitrogen and oxygen atoms in total. The third-order valence-corrected chi connectivity index (χ3v) is 4.65. The predicted molar refractivity (Wildman–Crippen MR) is 74.7 cm³/mol. The molecule has 6 heteroatoms. The first-order chi connectivity index (χ1) is 9.58. The van der Waals surface area contributed by atoms with Gasteiger partial charge in [-0.3, -0.25) is 9.59 Å². The van der Waals surface area contributed by atoms with E-state index in [1.165, 1.54) is 6.42 Å². The number of hydrogen-bond donors (Lipinski definition) is 2. The van der Waals surface area contributed by atoms with E-state index in [-0.39, 0.29) is 17.9 Å². The van der Waals surface area contributed by atoms with Crippen LogP contribution in [0.4, 0.5) is 0 Å². The first kappa shape index (κ1) is 15.3. The maximum Gasteiger partial charge on any atom is 0.242 e. The summed E-state index contributed by atoms with van der Waals surface area (Å²) in [6, 6.07) is -0.630. The minimum Gasteiger partial charge on any atom is -0.377 e. The van der Waals surface area contributed by atoms with E-state index in [1.807, 2.05) is 0 Å². The van der Waals surface area contributed by atoms with Gasteiger partial charge in [0.1, 0.15) is 6.04 Å². The van der Waals surface area contributed by atoms with Gasteiger partial charge in [-0.1, -0.05) is 19.3 Å². The largest absolute Gasteiger partial charge is 0.377 e. The molecule has 1 atom stereocenters. The third-order valence-electron chi connectivity index (χ3n) is 4.65. The number of carbonyl (C=O) groups is 2. The van der Waals surface area contributed by atoms with Crippen LogP contribution >= 0.6 is 0 Å². The van der Waals surface area contributed by atoms with Gasteiger partial charge in [0.05, 0.1) is 13.2 Å². The molecule has 2 aliphatic rings. The van der Waals surface area contributed by atoms with Gasteiger partial charge in [-0.2, -0.15) is 0 Å². The second kappa shape index (κ2) is 6.54. The molecule has 114 valence electrons. The lowest BCUT2D eigenvalue weighted by atomic mass is 9.71. The maximum absolute atomic E-state index is 12.6. The molecule has 1 saturated heterocycles. The van der Waals surface area contributed by atoms with Crippen molar-refractivity contribution in [2.24, 2.45) is 16.9 Å². The molecule has 0 spiro atoms. The molecular formula is C14H25N3O3. The van der Waals surface area contributed by atoms with Gasteiger partial charge in [-0.25, -0.2) is 0 Å². The van der Waals surface area contributed by atoms with Crippen LogP contribution in [0.3, 0.4) is 0 Å². The number of amides is 2. The van der Waals surface area contributed by atoms with Crippen molar-refractivity contribution in [3.63, 3.8) is 0 Å². The van der Waals surface area contributed by atoms with Gasteiger partial charge in [-0.05, 0) is 24.8 Å². The molecule has 0 radical (unpaired) electrons. The SMILES string of the molecule is NCC1(CC(=O)N2CCOCC2C(N)=O)CCCCC1. The summed E-state index contributed by atoms with van der Waals surface area (Å²) in [6.45, 7) is 1.64. The second-order valence-electron chi connectivity index (χ2n) is 6.02. The highest BCUT2D eigenvalue weighted by Gasteiger charge is 2.38. The van der Waals surface area contributed by atoms with E-state index in [0.717, 1.165) is 25.7 Å². The fourth-order valence-corrected chi connectivity index (χ4v) is 3.32. The molecule has 2 amide bonds. The lowest BCUT2D eigenvalue weighted by Crippen LogP contribution is -2.55. The van der Waals surface area contributed by atoms with E-state index >= 15 is 0 Å². The molecule has 1 unspecified atom stereocenters. The summed E-state index contributed by atoms with van der Waals surface area (Å²) in [6.07, 6.45) is 5.91. The summed E-state index contributed by atoms with van der Waals surface area (Å²) >= 11 is 0. The van der Waals surface area contributed by atoms with Crippen molar-refractivity contribution >= 4 is 11.8 Å². The van der Waals surface area contributed by atoms with Crippen LogP contribution in [0.5, 0.6) is 0 Å². The average Bonchev–Trinajstić information content (AvgIpc) is 2.48. The molecule has 1 aliphatic carbocycles. The van der Waals surface area contributed by atoms with Gasteiger partial charge in [-0.15, -0.1) is 0 Å². The molecule has 1 aliphatic heterocycles. The van der Waals surface area contributed by atoms with Crippen molar-refractivity contribution in [3.8, 4) is 0 Å². The number of rotatable bonds is 4. The topological polar surface area (TPSA) is 98.7 Å². The lowest BCUT2D eigenvalue weighted by molar-refractivity contribution is -0.149. The molecule has 20 heavy (non-hydrogen) atoms. The highest BCUT2D eigenvalue weighted by atomic mass is 16.5. The standard InChI is InChI=1S/C14H25N3O3/c15-10-14(4-2-1-3-5-14)8-12(18)17-6-7-20-9-11(17)13(16)19/h11H,1-10,15H2,(H2,16,19). The molecule has 1 heterocycles. The minimum atomic E-state index is -0.630. The first-order valence-corrected chi connectivity index (χ1v) is 7.45. The van der Waals surface area contributed by atoms with Crippen molar-refractivity contribution < 1.29 is 14.3 Å². The highest BCUT2D eigenvalue weighted by molar-refractivity contribution is 5.87. The molecule has 0 aromatic carbocycles. The number of morpholine rings is 1. The van der Waals surface area contributed by atoms with Crippen molar-refractivity contribution in [3.05, 3.63) is 0 Å². The van der Waals surface area contributed by atoms with E-state index < -0.39 is 11.9 Å². The Labute approximate surface area is 119 Å². The Morgan fingerprint density at radius 1 is 1.25 bits per heavy atom. The second-order valence-corrected chi connectivity index (χ2v) is 6.02. The van der Waals surface area contributed by atoms with Crippen molar-refractivity contribution in [1.82, 2.24) is 4.90 Å². The van der Waals surface area contributed by atoms with Crippen LogP contribution < -0.4 is 11.5 Å². The van der Waals surface area contributed by atoms with Gasteiger partial charge in [0, 0.05) is 13.0 Å². The monoisotopic (exact) mass is 283 g/mol. The van der Waals surface area contributed by atoms with Crippen LogP contribution in [0.15, 0.2) is 0 Å². The summed E-state index contributed by atoms with van der Waals surface area (Å²) in [5.74, 6) is -0.507. The number of primary amides is 1. The molecule has 0 aromatic heterocycles. The molecule has 4 N–H and O–H groups in total. The zero-order valence-electron chi connectivity index (χ0n) is 12.0. The van der Waals surface area contributed by atoms with Crippen LogP contribution in [0.1, 0.15) is 38.5 Å². The van der Waals surface area contributed by atoms with Gasteiger partial charge < -0.3 is 21.1 Å². The summed E-state index contributed by atoms with van der Waals surface area (Å²) in [5.41, 5.74) is 11.2. The Balaban J connectivity index is 2.03. The summed E-state index contributed by atoms with van der Waals surface area (Å²) in [7, 11) is 0. The fourth-order valence-electron chi connectivity index (χ4n) is 3.32. The van der Waals surface area contributed by atoms with Crippen LogP contribution in [-0.2, 0) is 14.3 Å². The minimum absolute atomic E-state index is 0.00977. The number of hydrogen-bond acceptors (Lipinski definition) is 4. The van der Waals surface area contributed by atoms with Crippen LogP contribution in [0, 0.1) is 5.41 Å². The van der Waals surface area contributed by atoms with Crippen LogP contribution in [0.2, 0.25) is 0 Å². The number of nitrogens with zero attached hydrogens (tertiary/aromatic N) is 1. The predicted octanol–water partition coefficient (Wildman–Crippen LogP) is -0.00160. The smallest absolute Gasteiger partial charge is 0.242 e. The quantitative estimate of drug-likeness (QED) is 0.758. The fraction of sp³-hybridized carbons (Fsp3) is 0.857. The number of carbonyl (C=O) groups excluding carboxylic acids is 2. The van der Waals surface area contributed by atoms with E-state index in [9.17, 15) is 9.59 Å². The van der Waals surface area contributed by atoms with Gasteiger partial charge in [0.25, 0.3) is 0 Å². The number of nitrogens with two attached hydrogens (primary N) is 2. The van der Waals surface area contributed by atoms with E-state index in [2.05, 4.69) is 0 Å². The average molecular weight is 283 g/mol. The van der Waals surface area contributed by atoms with Crippen molar-refractivity contribution in [1.29, 1.82) is 0 Å². The molecule has 0 bridgehead atoms. The first-order valence-electron chi connectivity index (χ1n) is 7.45. The van der Waals surface area contributed by atoms with E-state index in [0.29, 0.717) is 26.1 Å². The molecule has 2 rings (SSSR count). The normalized spacial score (nSPS) is 26.2. The van der Waals surface area contributed by atoms with E-state index in [4.69, 9.17) is 16.2 Å². The molecule has 2 fully saturated rings. The Kier molecular flexibility index (Phi) is 4.99. The summed E-state index contributed by atoms with van der Waals surface area (Å²) < 4.78 is 5.25. The molecule has 0 aromatic rings. The van der Waals surface area contributed by atoms with Gasteiger partial charge >= 0.3 is 0 Å². The molecular weight excluding hydrogens is 258 g/mol. The highest BCUT2D eigenvalue weighted by Crippen LogP contribution is 2.39. The van der Waals surface area contributed by atoms with Gasteiger partial charge in [0.2, 0.25) is 11.8 Å². The van der Waals surface area contributed by atoms with Gasteiger partial charge in [0.15, 0.2) is 0 Å². The van der Waals surface area contributed by atoms with Crippen molar-refractivity contribution in [2.45, 2.75) is 44.6 Å². The third kappa shape index (κ3) is 3.30. The zero-order chi connectivity index (χ0) is 14.6. The van der Waals surface area contributed by atoms with Crippen LogP contribution in [0.25, 0.3) is 0 Å². The Morgan fingerprint density at radius 2 is 1.95 bits per heavy atom. The van der Waals surface area contributed by atoms with E-state index in [1.54, 1.807) is 4.90 Å². The zero-order valence-corrected chi connectivity index (χ0v) is 12.0. The maximum atomic E-state index is 12.6. The van der Waals surface area contributed by atoms with Crippen LogP contribution in [-0.4, -0.2) is 49.1 Å². The summed E-state index contributed by atoms with van der Waals surface area (Å²) in [5, 5.41) is 0. The Morgan fingerprint density at radius 3 is 2.55 bits per heavy atom.